The van der Waals surface area contributed by atoms with Crippen LogP contribution in [0.4, 0.5) is 5.69 Å². The first kappa shape index (κ1) is 18.4. The number of halogens is 2. The van der Waals surface area contributed by atoms with Crippen LogP contribution < -0.4 is 4.90 Å². The fourth-order valence-corrected chi connectivity index (χ4v) is 3.24. The molecule has 0 unspecified atom stereocenters. The summed E-state index contributed by atoms with van der Waals surface area (Å²) in [7, 11) is 0. The summed E-state index contributed by atoms with van der Waals surface area (Å²) >= 11 is 11.7. The van der Waals surface area contributed by atoms with Crippen molar-refractivity contribution in [2.45, 2.75) is 12.8 Å². The number of Topliss-reactive ketones (excluding diaryl/α,β-unsaturated/α-hetero) is 1. The van der Waals surface area contributed by atoms with Gasteiger partial charge in [0.15, 0.2) is 12.4 Å². The third kappa shape index (κ3) is 4.23. The molecule has 1 amide bonds. The van der Waals surface area contributed by atoms with Gasteiger partial charge >= 0.3 is 5.97 Å². The first-order valence-electron chi connectivity index (χ1n) is 8.01. The molecule has 3 rings (SSSR count). The van der Waals surface area contributed by atoms with Gasteiger partial charge in [0.25, 0.3) is 0 Å². The number of benzene rings is 2. The third-order valence-corrected chi connectivity index (χ3v) is 4.44. The second kappa shape index (κ2) is 7.89. The lowest BCUT2D eigenvalue weighted by Gasteiger charge is -2.15. The number of amides is 1. The second-order valence-electron chi connectivity index (χ2n) is 5.85. The van der Waals surface area contributed by atoms with Crippen molar-refractivity contribution in [3.05, 3.63) is 63.6 Å². The summed E-state index contributed by atoms with van der Waals surface area (Å²) in [5.74, 6) is -0.939. The molecule has 7 heteroatoms. The average molecular weight is 392 g/mol. The van der Waals surface area contributed by atoms with Gasteiger partial charge in [-0.05, 0) is 48.9 Å². The van der Waals surface area contributed by atoms with Crippen molar-refractivity contribution < 1.29 is 19.1 Å². The van der Waals surface area contributed by atoms with E-state index < -0.39 is 12.6 Å². The third-order valence-electron chi connectivity index (χ3n) is 4.01. The Morgan fingerprint density at radius 1 is 1.00 bits per heavy atom. The first-order valence-corrected chi connectivity index (χ1v) is 8.76. The highest BCUT2D eigenvalue weighted by Gasteiger charge is 2.21. The molecule has 0 aliphatic carbocycles. The van der Waals surface area contributed by atoms with E-state index in [-0.39, 0.29) is 17.3 Å². The van der Waals surface area contributed by atoms with Crippen LogP contribution in [0.5, 0.6) is 0 Å². The van der Waals surface area contributed by atoms with Crippen LogP contribution in [0.3, 0.4) is 0 Å². The second-order valence-corrected chi connectivity index (χ2v) is 6.73. The first-order chi connectivity index (χ1) is 12.4. The van der Waals surface area contributed by atoms with E-state index in [9.17, 15) is 14.4 Å². The number of carbonyl (C=O) groups is 3. The quantitative estimate of drug-likeness (QED) is 0.566. The number of esters is 1. The number of nitrogens with zero attached hydrogens (tertiary/aromatic N) is 1. The number of hydrogen-bond acceptors (Lipinski definition) is 4. The summed E-state index contributed by atoms with van der Waals surface area (Å²) in [5.41, 5.74) is 1.34. The summed E-state index contributed by atoms with van der Waals surface area (Å²) in [4.78, 5) is 37.6. The molecule has 1 aliphatic rings. The summed E-state index contributed by atoms with van der Waals surface area (Å²) in [5, 5.41) is 0.616. The van der Waals surface area contributed by atoms with E-state index in [0.717, 1.165) is 12.1 Å². The van der Waals surface area contributed by atoms with E-state index in [0.29, 0.717) is 28.6 Å². The van der Waals surface area contributed by atoms with Crippen LogP contribution in [-0.4, -0.2) is 30.8 Å². The molecule has 1 aliphatic heterocycles. The Morgan fingerprint density at radius 2 is 1.65 bits per heavy atom. The molecule has 0 aromatic heterocycles. The lowest BCUT2D eigenvalue weighted by molar-refractivity contribution is -0.117. The normalized spacial score (nSPS) is 13.8. The molecule has 1 heterocycles. The predicted octanol–water partition coefficient (Wildman–Crippen LogP) is 4.16. The molecule has 2 aromatic rings. The minimum absolute atomic E-state index is 0.0817. The van der Waals surface area contributed by atoms with Crippen molar-refractivity contribution >= 4 is 46.5 Å². The maximum absolute atomic E-state index is 12.2. The number of ether oxygens (including phenoxy) is 1. The van der Waals surface area contributed by atoms with Crippen molar-refractivity contribution in [3.8, 4) is 0 Å². The maximum atomic E-state index is 12.2. The smallest absolute Gasteiger partial charge is 0.338 e. The molecule has 0 saturated carbocycles. The van der Waals surface area contributed by atoms with Gasteiger partial charge in [0.05, 0.1) is 5.56 Å². The van der Waals surface area contributed by atoms with Crippen LogP contribution in [0.1, 0.15) is 33.6 Å². The molecule has 1 saturated heterocycles. The zero-order chi connectivity index (χ0) is 18.7. The van der Waals surface area contributed by atoms with Crippen LogP contribution in [0.2, 0.25) is 10.0 Å². The van der Waals surface area contributed by atoms with E-state index in [4.69, 9.17) is 27.9 Å². The maximum Gasteiger partial charge on any atom is 0.338 e. The zero-order valence-corrected chi connectivity index (χ0v) is 15.2. The molecule has 26 heavy (non-hydrogen) atoms. The molecule has 5 nitrogen and oxygen atoms in total. The lowest BCUT2D eigenvalue weighted by Crippen LogP contribution is -2.23. The van der Waals surface area contributed by atoms with Crippen molar-refractivity contribution in [3.63, 3.8) is 0 Å². The number of hydrogen-bond donors (Lipinski definition) is 0. The lowest BCUT2D eigenvalue weighted by atomic mass is 10.1. The highest BCUT2D eigenvalue weighted by atomic mass is 35.5. The van der Waals surface area contributed by atoms with Gasteiger partial charge in [-0.3, -0.25) is 9.59 Å². The molecule has 0 spiro atoms. The Hall–Kier alpha value is -2.37. The minimum Gasteiger partial charge on any atom is -0.454 e. The molecular formula is C19H15Cl2NO4. The van der Waals surface area contributed by atoms with Gasteiger partial charge < -0.3 is 9.64 Å². The molecule has 0 N–H and O–H groups in total. The fraction of sp³-hybridized carbons (Fsp3) is 0.211. The summed E-state index contributed by atoms with van der Waals surface area (Å²) in [6.45, 7) is 0.289. The number of rotatable bonds is 5. The standard InChI is InChI=1S/C19H15Cl2NO4/c20-14-8-13(9-15(21)10-14)19(25)26-11-17(23)12-3-5-16(6-4-12)22-7-1-2-18(22)24/h3-6,8-10H,1-2,7,11H2. The Bertz CT molecular complexity index is 844. The number of carbonyl (C=O) groups excluding carboxylic acids is 3. The summed E-state index contributed by atoms with van der Waals surface area (Å²) in [6, 6.07) is 11.0. The van der Waals surface area contributed by atoms with Crippen LogP contribution in [-0.2, 0) is 9.53 Å². The highest BCUT2D eigenvalue weighted by Crippen LogP contribution is 2.22. The van der Waals surface area contributed by atoms with Crippen LogP contribution >= 0.6 is 23.2 Å². The van der Waals surface area contributed by atoms with Crippen LogP contribution in [0.25, 0.3) is 0 Å². The van der Waals surface area contributed by atoms with Gasteiger partial charge in [0.2, 0.25) is 5.91 Å². The Kier molecular flexibility index (Phi) is 5.59. The van der Waals surface area contributed by atoms with E-state index in [2.05, 4.69) is 0 Å². The van der Waals surface area contributed by atoms with Crippen molar-refractivity contribution in [1.82, 2.24) is 0 Å². The fourth-order valence-electron chi connectivity index (χ4n) is 2.72. The number of ketones is 1. The summed E-state index contributed by atoms with van der Waals surface area (Å²) < 4.78 is 5.03. The molecule has 0 bridgehead atoms. The predicted molar refractivity (Wildman–Crippen MR) is 99.1 cm³/mol. The SMILES string of the molecule is O=C(COC(=O)c1cc(Cl)cc(Cl)c1)c1ccc(N2CCCC2=O)cc1. The van der Waals surface area contributed by atoms with E-state index >= 15 is 0 Å². The Balaban J connectivity index is 1.61. The van der Waals surface area contributed by atoms with Gasteiger partial charge in [-0.2, -0.15) is 0 Å². The van der Waals surface area contributed by atoms with Gasteiger partial charge in [-0.1, -0.05) is 23.2 Å². The largest absolute Gasteiger partial charge is 0.454 e. The topological polar surface area (TPSA) is 63.7 Å². The van der Waals surface area contributed by atoms with Crippen LogP contribution in [0, 0.1) is 0 Å². The molecule has 0 radical (unpaired) electrons. The minimum atomic E-state index is -0.679. The highest BCUT2D eigenvalue weighted by molar-refractivity contribution is 6.35. The summed E-state index contributed by atoms with van der Waals surface area (Å²) in [6.07, 6.45) is 1.38. The monoisotopic (exact) mass is 391 g/mol. The van der Waals surface area contributed by atoms with Crippen LogP contribution in [0.15, 0.2) is 42.5 Å². The van der Waals surface area contributed by atoms with E-state index in [1.807, 2.05) is 0 Å². The van der Waals surface area contributed by atoms with Gasteiger partial charge in [0.1, 0.15) is 0 Å². The van der Waals surface area contributed by atoms with E-state index in [1.54, 1.807) is 29.2 Å². The Morgan fingerprint density at radius 3 is 2.23 bits per heavy atom. The molecule has 0 atom stereocenters. The molecule has 134 valence electrons. The molecule has 2 aromatic carbocycles. The number of anilines is 1. The van der Waals surface area contributed by atoms with Crippen molar-refractivity contribution in [2.24, 2.45) is 0 Å². The Labute approximate surface area is 160 Å². The van der Waals surface area contributed by atoms with Crippen molar-refractivity contribution in [1.29, 1.82) is 0 Å². The molecule has 1 fully saturated rings. The average Bonchev–Trinajstić information content (AvgIpc) is 3.04. The van der Waals surface area contributed by atoms with E-state index in [1.165, 1.54) is 18.2 Å². The van der Waals surface area contributed by atoms with Gasteiger partial charge in [0, 0.05) is 34.3 Å². The molecular weight excluding hydrogens is 377 g/mol. The zero-order valence-electron chi connectivity index (χ0n) is 13.7. The van der Waals surface area contributed by atoms with Gasteiger partial charge in [-0.15, -0.1) is 0 Å². The van der Waals surface area contributed by atoms with Crippen molar-refractivity contribution in [2.75, 3.05) is 18.1 Å². The van der Waals surface area contributed by atoms with Gasteiger partial charge in [-0.25, -0.2) is 4.79 Å².